The Labute approximate surface area is 112 Å². The number of nitrogens with one attached hydrogen (secondary N) is 1. The fourth-order valence-electron chi connectivity index (χ4n) is 3.43. The molecule has 2 aliphatic carbocycles. The molecule has 2 atom stereocenters. The molecule has 0 heterocycles. The van der Waals surface area contributed by atoms with Gasteiger partial charge in [0, 0.05) is 25.2 Å². The van der Waals surface area contributed by atoms with Gasteiger partial charge in [0.25, 0.3) is 0 Å². The summed E-state index contributed by atoms with van der Waals surface area (Å²) in [6.07, 6.45) is 9.59. The van der Waals surface area contributed by atoms with Crippen molar-refractivity contribution in [2.24, 2.45) is 5.92 Å². The second-order valence-electron chi connectivity index (χ2n) is 6.01. The summed E-state index contributed by atoms with van der Waals surface area (Å²) in [5, 5.41) is 12.9. The largest absolute Gasteiger partial charge is 0.395 e. The molecule has 0 radical (unpaired) electrons. The van der Waals surface area contributed by atoms with E-state index < -0.39 is 0 Å². The highest BCUT2D eigenvalue weighted by Crippen LogP contribution is 2.30. The maximum atomic E-state index is 9.21. The van der Waals surface area contributed by atoms with Crippen LogP contribution >= 0.6 is 0 Å². The van der Waals surface area contributed by atoms with Gasteiger partial charge in [-0.25, -0.2) is 0 Å². The molecule has 2 unspecified atom stereocenters. The lowest BCUT2D eigenvalue weighted by Gasteiger charge is -2.31. The minimum Gasteiger partial charge on any atom is -0.395 e. The quantitative estimate of drug-likeness (QED) is 0.682. The van der Waals surface area contributed by atoms with Crippen LogP contribution in [0.3, 0.4) is 0 Å². The summed E-state index contributed by atoms with van der Waals surface area (Å²) < 4.78 is 0. The summed E-state index contributed by atoms with van der Waals surface area (Å²) >= 11 is 0. The van der Waals surface area contributed by atoms with E-state index in [-0.39, 0.29) is 0 Å². The van der Waals surface area contributed by atoms with E-state index in [1.807, 2.05) is 0 Å². The lowest BCUT2D eigenvalue weighted by atomic mass is 9.94. The minimum absolute atomic E-state index is 0.315. The van der Waals surface area contributed by atoms with E-state index in [9.17, 15) is 5.11 Å². The topological polar surface area (TPSA) is 35.5 Å². The Balaban J connectivity index is 1.89. The highest BCUT2D eigenvalue weighted by molar-refractivity contribution is 4.88. The average molecular weight is 254 g/mol. The number of aliphatic hydroxyl groups is 1. The summed E-state index contributed by atoms with van der Waals surface area (Å²) in [4.78, 5) is 2.54. The maximum absolute atomic E-state index is 9.21. The van der Waals surface area contributed by atoms with Crippen LogP contribution in [-0.2, 0) is 0 Å². The molecular weight excluding hydrogens is 224 g/mol. The molecule has 18 heavy (non-hydrogen) atoms. The molecule has 0 saturated heterocycles. The minimum atomic E-state index is 0.315. The van der Waals surface area contributed by atoms with Crippen molar-refractivity contribution in [1.29, 1.82) is 0 Å². The van der Waals surface area contributed by atoms with E-state index in [1.165, 1.54) is 51.5 Å². The molecule has 2 N–H and O–H groups in total. The van der Waals surface area contributed by atoms with Crippen molar-refractivity contribution in [3.8, 4) is 0 Å². The Morgan fingerprint density at radius 3 is 2.56 bits per heavy atom. The van der Waals surface area contributed by atoms with Gasteiger partial charge in [0.1, 0.15) is 0 Å². The molecule has 0 amide bonds. The Morgan fingerprint density at radius 1 is 1.11 bits per heavy atom. The Kier molecular flexibility index (Phi) is 5.93. The molecule has 2 aliphatic rings. The van der Waals surface area contributed by atoms with Crippen LogP contribution in [0.2, 0.25) is 0 Å². The zero-order valence-electron chi connectivity index (χ0n) is 11.9. The third-order valence-electron chi connectivity index (χ3n) is 4.54. The van der Waals surface area contributed by atoms with Crippen molar-refractivity contribution >= 4 is 0 Å². The van der Waals surface area contributed by atoms with E-state index >= 15 is 0 Å². The summed E-state index contributed by atoms with van der Waals surface area (Å²) in [6, 6.07) is 1.49. The van der Waals surface area contributed by atoms with Gasteiger partial charge < -0.3 is 10.4 Å². The lowest BCUT2D eigenvalue weighted by molar-refractivity contribution is 0.150. The van der Waals surface area contributed by atoms with Crippen LogP contribution < -0.4 is 5.32 Å². The van der Waals surface area contributed by atoms with Gasteiger partial charge in [-0.2, -0.15) is 0 Å². The van der Waals surface area contributed by atoms with Gasteiger partial charge in [0.05, 0.1) is 6.61 Å². The fourth-order valence-corrected chi connectivity index (χ4v) is 3.43. The fraction of sp³-hybridized carbons (Fsp3) is 1.00. The molecule has 2 rings (SSSR count). The molecule has 3 nitrogen and oxygen atoms in total. The SMILES string of the molecule is CCNC1CCCCCC1CN(CCO)C1CC1. The van der Waals surface area contributed by atoms with Crippen molar-refractivity contribution in [2.75, 3.05) is 26.2 Å². The molecule has 0 spiro atoms. The summed E-state index contributed by atoms with van der Waals surface area (Å²) in [5.41, 5.74) is 0. The van der Waals surface area contributed by atoms with Crippen molar-refractivity contribution in [3.05, 3.63) is 0 Å². The van der Waals surface area contributed by atoms with Crippen LogP contribution in [0.15, 0.2) is 0 Å². The van der Waals surface area contributed by atoms with Crippen molar-refractivity contribution in [2.45, 2.75) is 64.0 Å². The van der Waals surface area contributed by atoms with Crippen LogP contribution in [0.5, 0.6) is 0 Å². The number of rotatable bonds is 7. The Morgan fingerprint density at radius 2 is 1.89 bits per heavy atom. The first-order chi connectivity index (χ1) is 8.85. The van der Waals surface area contributed by atoms with Gasteiger partial charge in [-0.1, -0.05) is 26.2 Å². The highest BCUT2D eigenvalue weighted by Gasteiger charge is 2.32. The molecule has 3 heteroatoms. The number of nitrogens with zero attached hydrogens (tertiary/aromatic N) is 1. The molecule has 2 fully saturated rings. The smallest absolute Gasteiger partial charge is 0.0558 e. The van der Waals surface area contributed by atoms with Gasteiger partial charge in [0.15, 0.2) is 0 Å². The molecular formula is C15H30N2O. The Bertz CT molecular complexity index is 231. The normalized spacial score (nSPS) is 29.5. The van der Waals surface area contributed by atoms with Crippen LogP contribution in [0.4, 0.5) is 0 Å². The van der Waals surface area contributed by atoms with Gasteiger partial charge in [-0.05, 0) is 38.1 Å². The monoisotopic (exact) mass is 254 g/mol. The molecule has 0 aromatic heterocycles. The van der Waals surface area contributed by atoms with E-state index in [0.717, 1.165) is 25.0 Å². The molecule has 0 aromatic rings. The number of aliphatic hydroxyl groups excluding tert-OH is 1. The molecule has 2 saturated carbocycles. The number of hydrogen-bond acceptors (Lipinski definition) is 3. The maximum Gasteiger partial charge on any atom is 0.0558 e. The van der Waals surface area contributed by atoms with Crippen molar-refractivity contribution in [1.82, 2.24) is 10.2 Å². The van der Waals surface area contributed by atoms with Crippen LogP contribution in [-0.4, -0.2) is 48.3 Å². The van der Waals surface area contributed by atoms with Crippen LogP contribution in [0.25, 0.3) is 0 Å². The van der Waals surface area contributed by atoms with Gasteiger partial charge >= 0.3 is 0 Å². The van der Waals surface area contributed by atoms with E-state index in [0.29, 0.717) is 12.6 Å². The highest BCUT2D eigenvalue weighted by atomic mass is 16.3. The van der Waals surface area contributed by atoms with Crippen molar-refractivity contribution in [3.63, 3.8) is 0 Å². The van der Waals surface area contributed by atoms with Crippen LogP contribution in [0, 0.1) is 5.92 Å². The molecule has 0 aromatic carbocycles. The van der Waals surface area contributed by atoms with Gasteiger partial charge in [0.2, 0.25) is 0 Å². The lowest BCUT2D eigenvalue weighted by Crippen LogP contribution is -2.43. The third-order valence-corrected chi connectivity index (χ3v) is 4.54. The number of hydrogen-bond donors (Lipinski definition) is 2. The Hall–Kier alpha value is -0.120. The first kappa shape index (κ1) is 14.3. The molecule has 0 bridgehead atoms. The van der Waals surface area contributed by atoms with Gasteiger partial charge in [-0.3, -0.25) is 4.90 Å². The summed E-state index contributed by atoms with van der Waals surface area (Å²) in [7, 11) is 0. The van der Waals surface area contributed by atoms with Gasteiger partial charge in [-0.15, -0.1) is 0 Å². The zero-order valence-corrected chi connectivity index (χ0v) is 11.9. The standard InChI is InChI=1S/C15H30N2O/c1-2-16-15-7-5-3-4-6-13(15)12-17(10-11-18)14-8-9-14/h13-16,18H,2-12H2,1H3. The summed E-state index contributed by atoms with van der Waals surface area (Å²) in [6.45, 7) is 5.69. The van der Waals surface area contributed by atoms with E-state index in [1.54, 1.807) is 0 Å². The molecule has 0 aliphatic heterocycles. The second-order valence-corrected chi connectivity index (χ2v) is 6.01. The van der Waals surface area contributed by atoms with E-state index in [4.69, 9.17) is 0 Å². The summed E-state index contributed by atoms with van der Waals surface area (Å²) in [5.74, 6) is 0.791. The van der Waals surface area contributed by atoms with Crippen molar-refractivity contribution < 1.29 is 5.11 Å². The molecule has 106 valence electrons. The predicted octanol–water partition coefficient (Wildman–Crippen LogP) is 2.00. The average Bonchev–Trinajstić information content (AvgIpc) is 3.17. The van der Waals surface area contributed by atoms with E-state index in [2.05, 4.69) is 17.1 Å². The second kappa shape index (κ2) is 7.46. The third kappa shape index (κ3) is 4.22. The zero-order chi connectivity index (χ0) is 12.8. The first-order valence-electron chi connectivity index (χ1n) is 7.93. The van der Waals surface area contributed by atoms with Crippen LogP contribution in [0.1, 0.15) is 51.9 Å². The predicted molar refractivity (Wildman–Crippen MR) is 75.7 cm³/mol. The first-order valence-corrected chi connectivity index (χ1v) is 7.93.